The number of carbonyl (C=O) groups is 1. The third-order valence-corrected chi connectivity index (χ3v) is 5.06. The SMILES string of the molecule is CCC(NC(=O)c1sccc1C#CCO)C1CCCCC1. The first-order valence-corrected chi connectivity index (χ1v) is 8.62. The summed E-state index contributed by atoms with van der Waals surface area (Å²) in [6.07, 6.45) is 7.31. The van der Waals surface area contributed by atoms with Crippen molar-refractivity contribution >= 4 is 17.2 Å². The van der Waals surface area contributed by atoms with Gasteiger partial charge in [0, 0.05) is 11.6 Å². The van der Waals surface area contributed by atoms with Gasteiger partial charge in [0.1, 0.15) is 11.5 Å². The average molecular weight is 305 g/mol. The van der Waals surface area contributed by atoms with Crippen LogP contribution in [0.15, 0.2) is 11.4 Å². The highest BCUT2D eigenvalue weighted by Gasteiger charge is 2.25. The molecule has 1 aromatic heterocycles. The summed E-state index contributed by atoms with van der Waals surface area (Å²) in [7, 11) is 0. The van der Waals surface area contributed by atoms with Crippen molar-refractivity contribution in [3.63, 3.8) is 0 Å². The normalized spacial score (nSPS) is 16.9. The molecule has 1 fully saturated rings. The van der Waals surface area contributed by atoms with E-state index in [1.54, 1.807) is 0 Å². The first-order chi connectivity index (χ1) is 10.3. The van der Waals surface area contributed by atoms with E-state index in [1.807, 2.05) is 11.4 Å². The number of hydrogen-bond donors (Lipinski definition) is 2. The Morgan fingerprint density at radius 1 is 1.48 bits per heavy atom. The van der Waals surface area contributed by atoms with E-state index in [-0.39, 0.29) is 18.6 Å². The van der Waals surface area contributed by atoms with Gasteiger partial charge < -0.3 is 10.4 Å². The first kappa shape index (κ1) is 16.1. The molecule has 21 heavy (non-hydrogen) atoms. The third kappa shape index (κ3) is 4.33. The molecular formula is C17H23NO2S. The van der Waals surface area contributed by atoms with Crippen molar-refractivity contribution < 1.29 is 9.90 Å². The average Bonchev–Trinajstić information content (AvgIpc) is 2.99. The standard InChI is InChI=1S/C17H23NO2S/c1-2-15(13-7-4-3-5-8-13)18-17(20)16-14(9-6-11-19)10-12-21-16/h10,12-13,15,19H,2-5,7-8,11H2,1H3,(H,18,20). The fourth-order valence-electron chi connectivity index (χ4n) is 3.04. The highest BCUT2D eigenvalue weighted by molar-refractivity contribution is 7.12. The summed E-state index contributed by atoms with van der Waals surface area (Å²) in [4.78, 5) is 13.1. The van der Waals surface area contributed by atoms with Gasteiger partial charge in [0.25, 0.3) is 5.91 Å². The lowest BCUT2D eigenvalue weighted by atomic mass is 9.83. The minimum absolute atomic E-state index is 0.0235. The van der Waals surface area contributed by atoms with Crippen molar-refractivity contribution in [1.29, 1.82) is 0 Å². The number of aliphatic hydroxyl groups excluding tert-OH is 1. The number of hydrogen-bond acceptors (Lipinski definition) is 3. The summed E-state index contributed by atoms with van der Waals surface area (Å²) in [6, 6.07) is 2.10. The molecule has 1 aliphatic carbocycles. The molecule has 1 atom stereocenters. The number of rotatable bonds is 4. The second-order valence-corrected chi connectivity index (χ2v) is 6.43. The third-order valence-electron chi connectivity index (χ3n) is 4.15. The Hall–Kier alpha value is -1.31. The van der Waals surface area contributed by atoms with Gasteiger partial charge in [-0.15, -0.1) is 11.3 Å². The van der Waals surface area contributed by atoms with Crippen LogP contribution in [0, 0.1) is 17.8 Å². The molecule has 3 nitrogen and oxygen atoms in total. The molecule has 0 radical (unpaired) electrons. The van der Waals surface area contributed by atoms with Crippen LogP contribution < -0.4 is 5.32 Å². The predicted molar refractivity (Wildman–Crippen MR) is 86.4 cm³/mol. The number of carbonyl (C=O) groups excluding carboxylic acids is 1. The van der Waals surface area contributed by atoms with Crippen LogP contribution >= 0.6 is 11.3 Å². The van der Waals surface area contributed by atoms with Gasteiger partial charge in [-0.25, -0.2) is 0 Å². The van der Waals surface area contributed by atoms with E-state index in [4.69, 9.17) is 5.11 Å². The van der Waals surface area contributed by atoms with E-state index in [1.165, 1.54) is 43.4 Å². The molecule has 0 saturated heterocycles. The summed E-state index contributed by atoms with van der Waals surface area (Å²) in [5, 5.41) is 13.8. The van der Waals surface area contributed by atoms with E-state index in [0.29, 0.717) is 16.4 Å². The molecule has 0 aromatic carbocycles. The molecule has 1 unspecified atom stereocenters. The summed E-state index contributed by atoms with van der Waals surface area (Å²) in [5.74, 6) is 6.04. The smallest absolute Gasteiger partial charge is 0.262 e. The van der Waals surface area contributed by atoms with Crippen molar-refractivity contribution in [1.82, 2.24) is 5.32 Å². The summed E-state index contributed by atoms with van der Waals surface area (Å²) in [6.45, 7) is 1.96. The van der Waals surface area contributed by atoms with E-state index in [0.717, 1.165) is 6.42 Å². The summed E-state index contributed by atoms with van der Waals surface area (Å²) in [5.41, 5.74) is 0.713. The lowest BCUT2D eigenvalue weighted by Gasteiger charge is -2.30. The number of aliphatic hydroxyl groups is 1. The van der Waals surface area contributed by atoms with Gasteiger partial charge in [0.15, 0.2) is 0 Å². The number of amides is 1. The van der Waals surface area contributed by atoms with Crippen LogP contribution in [0.1, 0.15) is 60.7 Å². The van der Waals surface area contributed by atoms with Crippen LogP contribution in [0.3, 0.4) is 0 Å². The number of thiophene rings is 1. The maximum absolute atomic E-state index is 12.5. The molecule has 2 N–H and O–H groups in total. The first-order valence-electron chi connectivity index (χ1n) is 7.74. The Bertz CT molecular complexity index is 520. The van der Waals surface area contributed by atoms with E-state index >= 15 is 0 Å². The van der Waals surface area contributed by atoms with Crippen molar-refractivity contribution in [3.8, 4) is 11.8 Å². The molecule has 114 valence electrons. The zero-order valence-electron chi connectivity index (χ0n) is 12.5. The molecule has 1 aliphatic rings. The number of nitrogens with one attached hydrogen (secondary N) is 1. The van der Waals surface area contributed by atoms with Gasteiger partial charge in [-0.1, -0.05) is 38.0 Å². The Labute approximate surface area is 130 Å². The van der Waals surface area contributed by atoms with Crippen LogP contribution in [-0.4, -0.2) is 23.7 Å². The molecule has 1 amide bonds. The van der Waals surface area contributed by atoms with Gasteiger partial charge in [-0.05, 0) is 36.6 Å². The van der Waals surface area contributed by atoms with Gasteiger partial charge in [0.05, 0.1) is 0 Å². The highest BCUT2D eigenvalue weighted by Crippen LogP contribution is 2.28. The Morgan fingerprint density at radius 3 is 2.90 bits per heavy atom. The molecule has 0 bridgehead atoms. The maximum Gasteiger partial charge on any atom is 0.262 e. The molecule has 1 saturated carbocycles. The van der Waals surface area contributed by atoms with Gasteiger partial charge in [-0.2, -0.15) is 0 Å². The quantitative estimate of drug-likeness (QED) is 0.839. The fourth-order valence-corrected chi connectivity index (χ4v) is 3.79. The summed E-state index contributed by atoms with van der Waals surface area (Å²) >= 11 is 1.41. The Morgan fingerprint density at radius 2 is 2.24 bits per heavy atom. The van der Waals surface area contributed by atoms with Gasteiger partial charge in [0.2, 0.25) is 0 Å². The molecule has 0 spiro atoms. The zero-order valence-corrected chi connectivity index (χ0v) is 13.3. The fraction of sp³-hybridized carbons (Fsp3) is 0.588. The molecule has 0 aliphatic heterocycles. The van der Waals surface area contributed by atoms with Crippen LogP contribution in [0.25, 0.3) is 0 Å². The molecule has 2 rings (SSSR count). The van der Waals surface area contributed by atoms with Crippen molar-refractivity contribution in [3.05, 3.63) is 21.9 Å². The lowest BCUT2D eigenvalue weighted by Crippen LogP contribution is -2.40. The zero-order chi connectivity index (χ0) is 15.1. The topological polar surface area (TPSA) is 49.3 Å². The molecule has 1 aromatic rings. The minimum Gasteiger partial charge on any atom is -0.384 e. The molecule has 4 heteroatoms. The monoisotopic (exact) mass is 305 g/mol. The second kappa shape index (κ2) is 8.21. The largest absolute Gasteiger partial charge is 0.384 e. The predicted octanol–water partition coefficient (Wildman–Crippen LogP) is 3.18. The van der Waals surface area contributed by atoms with Crippen LogP contribution in [0.4, 0.5) is 0 Å². The Balaban J connectivity index is 2.03. The van der Waals surface area contributed by atoms with E-state index in [2.05, 4.69) is 24.1 Å². The summed E-state index contributed by atoms with van der Waals surface area (Å²) < 4.78 is 0. The van der Waals surface area contributed by atoms with Crippen LogP contribution in [0.5, 0.6) is 0 Å². The van der Waals surface area contributed by atoms with E-state index in [9.17, 15) is 4.79 Å². The second-order valence-electron chi connectivity index (χ2n) is 5.51. The van der Waals surface area contributed by atoms with Crippen LogP contribution in [0.2, 0.25) is 0 Å². The minimum atomic E-state index is -0.184. The van der Waals surface area contributed by atoms with Crippen molar-refractivity contribution in [2.24, 2.45) is 5.92 Å². The van der Waals surface area contributed by atoms with Gasteiger partial charge in [-0.3, -0.25) is 4.79 Å². The van der Waals surface area contributed by atoms with Gasteiger partial charge >= 0.3 is 0 Å². The highest BCUT2D eigenvalue weighted by atomic mass is 32.1. The van der Waals surface area contributed by atoms with E-state index < -0.39 is 0 Å². The maximum atomic E-state index is 12.5. The molecular weight excluding hydrogens is 282 g/mol. The lowest BCUT2D eigenvalue weighted by molar-refractivity contribution is 0.0915. The van der Waals surface area contributed by atoms with Crippen molar-refractivity contribution in [2.45, 2.75) is 51.5 Å². The van der Waals surface area contributed by atoms with Crippen molar-refractivity contribution in [2.75, 3.05) is 6.61 Å². The molecule has 1 heterocycles. The van der Waals surface area contributed by atoms with Crippen LogP contribution in [-0.2, 0) is 0 Å². The Kier molecular flexibility index (Phi) is 6.28.